The lowest BCUT2D eigenvalue weighted by Gasteiger charge is -2.23. The van der Waals surface area contributed by atoms with Gasteiger partial charge in [0.1, 0.15) is 0 Å². The van der Waals surface area contributed by atoms with Gasteiger partial charge in [-0.2, -0.15) is 0 Å². The Bertz CT molecular complexity index is 130. The molecular weight excluding hydrogens is 184 g/mol. The van der Waals surface area contributed by atoms with Crippen molar-refractivity contribution < 1.29 is 19.7 Å². The van der Waals surface area contributed by atoms with E-state index < -0.39 is 5.60 Å². The molecule has 4 nitrogen and oxygen atoms in total. The minimum atomic E-state index is -1.04. The highest BCUT2D eigenvalue weighted by Crippen LogP contribution is 2.14. The Morgan fingerprint density at radius 2 is 1.71 bits per heavy atom. The molecule has 0 aliphatic heterocycles. The summed E-state index contributed by atoms with van der Waals surface area (Å²) in [5.74, 6) is 0. The lowest BCUT2D eigenvalue weighted by Crippen LogP contribution is -2.31. The molecule has 0 aromatic heterocycles. The van der Waals surface area contributed by atoms with Crippen LogP contribution >= 0.6 is 0 Å². The average molecular weight is 206 g/mol. The Hall–Kier alpha value is -0.160. The zero-order valence-corrected chi connectivity index (χ0v) is 9.32. The molecule has 0 spiro atoms. The van der Waals surface area contributed by atoms with Crippen LogP contribution in [-0.2, 0) is 9.47 Å². The molecule has 4 heteroatoms. The van der Waals surface area contributed by atoms with Crippen molar-refractivity contribution in [1.82, 2.24) is 0 Å². The van der Waals surface area contributed by atoms with E-state index in [1.54, 1.807) is 6.92 Å². The van der Waals surface area contributed by atoms with Crippen molar-refractivity contribution in [3.63, 3.8) is 0 Å². The van der Waals surface area contributed by atoms with Gasteiger partial charge in [-0.25, -0.2) is 0 Å². The van der Waals surface area contributed by atoms with Crippen molar-refractivity contribution in [2.45, 2.75) is 45.5 Å². The Labute approximate surface area is 85.8 Å². The molecule has 14 heavy (non-hydrogen) atoms. The van der Waals surface area contributed by atoms with E-state index in [4.69, 9.17) is 14.6 Å². The minimum Gasteiger partial charge on any atom is -0.393 e. The molecule has 0 aromatic carbocycles. The third-order valence-electron chi connectivity index (χ3n) is 1.96. The number of aliphatic hydroxyl groups excluding tert-OH is 1. The Morgan fingerprint density at radius 1 is 1.21 bits per heavy atom. The Balaban J connectivity index is 3.80. The Morgan fingerprint density at radius 3 is 2.07 bits per heavy atom. The van der Waals surface area contributed by atoms with Gasteiger partial charge in [-0.3, -0.25) is 0 Å². The number of hydrogen-bond acceptors (Lipinski definition) is 4. The second kappa shape index (κ2) is 7.17. The molecule has 0 saturated heterocycles. The maximum absolute atomic E-state index is 9.55. The smallest absolute Gasteiger partial charge is 0.157 e. The van der Waals surface area contributed by atoms with Crippen LogP contribution < -0.4 is 0 Å². The van der Waals surface area contributed by atoms with E-state index in [0.29, 0.717) is 26.1 Å². The largest absolute Gasteiger partial charge is 0.393 e. The van der Waals surface area contributed by atoms with Gasteiger partial charge in [0.25, 0.3) is 0 Å². The van der Waals surface area contributed by atoms with Crippen LogP contribution in [0.1, 0.15) is 33.6 Å². The van der Waals surface area contributed by atoms with Gasteiger partial charge in [-0.05, 0) is 27.2 Å². The maximum Gasteiger partial charge on any atom is 0.157 e. The average Bonchev–Trinajstić information content (AvgIpc) is 2.15. The summed E-state index contributed by atoms with van der Waals surface area (Å²) in [7, 11) is 0. The lowest BCUT2D eigenvalue weighted by atomic mass is 10.0. The quantitative estimate of drug-likeness (QED) is 0.579. The predicted octanol–water partition coefficient (Wildman–Crippen LogP) is 0.909. The van der Waals surface area contributed by atoms with Crippen LogP contribution in [0, 0.1) is 0 Å². The fourth-order valence-corrected chi connectivity index (χ4v) is 1.09. The van der Waals surface area contributed by atoms with Gasteiger partial charge in [-0.1, -0.05) is 0 Å². The van der Waals surface area contributed by atoms with Crippen LogP contribution in [0.15, 0.2) is 0 Å². The van der Waals surface area contributed by atoms with Gasteiger partial charge in [0.05, 0.1) is 12.2 Å². The van der Waals surface area contributed by atoms with E-state index in [0.717, 1.165) is 0 Å². The molecular formula is C10H22O4. The van der Waals surface area contributed by atoms with Gasteiger partial charge in [0.2, 0.25) is 0 Å². The molecule has 1 atom stereocenters. The predicted molar refractivity (Wildman–Crippen MR) is 54.0 cm³/mol. The van der Waals surface area contributed by atoms with Gasteiger partial charge < -0.3 is 19.7 Å². The molecule has 1 unspecified atom stereocenters. The van der Waals surface area contributed by atoms with E-state index in [9.17, 15) is 5.11 Å². The first-order valence-electron chi connectivity index (χ1n) is 5.12. The van der Waals surface area contributed by atoms with E-state index in [1.807, 2.05) is 13.8 Å². The summed E-state index contributed by atoms with van der Waals surface area (Å²) < 4.78 is 10.6. The van der Waals surface area contributed by atoms with Gasteiger partial charge >= 0.3 is 0 Å². The van der Waals surface area contributed by atoms with E-state index in [2.05, 4.69) is 0 Å². The van der Waals surface area contributed by atoms with Crippen LogP contribution in [0.3, 0.4) is 0 Å². The van der Waals surface area contributed by atoms with Crippen LogP contribution in [0.5, 0.6) is 0 Å². The molecule has 0 rings (SSSR count). The lowest BCUT2D eigenvalue weighted by molar-refractivity contribution is -0.148. The third kappa shape index (κ3) is 6.32. The molecule has 0 amide bonds. The number of hydrogen-bond donors (Lipinski definition) is 2. The van der Waals surface area contributed by atoms with Crippen LogP contribution in [0.25, 0.3) is 0 Å². The standard InChI is InChI=1S/C10H22O4/c1-4-13-9(14-5-2)6-7-10(3,12)8-11/h9,11-12H,4-8H2,1-3H3. The van der Waals surface area contributed by atoms with Gasteiger partial charge in [-0.15, -0.1) is 0 Å². The molecule has 0 bridgehead atoms. The van der Waals surface area contributed by atoms with Crippen molar-refractivity contribution in [3.05, 3.63) is 0 Å². The summed E-state index contributed by atoms with van der Waals surface area (Å²) in [5, 5.41) is 18.4. The van der Waals surface area contributed by atoms with Crippen LogP contribution in [0.4, 0.5) is 0 Å². The fraction of sp³-hybridized carbons (Fsp3) is 1.00. The molecule has 0 saturated carbocycles. The van der Waals surface area contributed by atoms with Crippen LogP contribution in [0.2, 0.25) is 0 Å². The molecule has 0 heterocycles. The first kappa shape index (κ1) is 13.8. The number of rotatable bonds is 8. The minimum absolute atomic E-state index is 0.238. The van der Waals surface area contributed by atoms with Gasteiger partial charge in [0, 0.05) is 19.6 Å². The monoisotopic (exact) mass is 206 g/mol. The topological polar surface area (TPSA) is 58.9 Å². The molecule has 86 valence electrons. The zero-order valence-electron chi connectivity index (χ0n) is 9.32. The Kier molecular flexibility index (Phi) is 7.09. The summed E-state index contributed by atoms with van der Waals surface area (Å²) in [5.41, 5.74) is -1.04. The molecule has 0 aliphatic carbocycles. The molecule has 0 fully saturated rings. The SMILES string of the molecule is CCOC(CCC(C)(O)CO)OCC. The molecule has 0 radical (unpaired) electrons. The third-order valence-corrected chi connectivity index (χ3v) is 1.96. The van der Waals surface area contributed by atoms with Crippen LogP contribution in [-0.4, -0.2) is 41.9 Å². The van der Waals surface area contributed by atoms with Crippen molar-refractivity contribution in [1.29, 1.82) is 0 Å². The fourth-order valence-electron chi connectivity index (χ4n) is 1.09. The maximum atomic E-state index is 9.55. The van der Waals surface area contributed by atoms with Crippen molar-refractivity contribution >= 4 is 0 Å². The second-order valence-electron chi connectivity index (χ2n) is 3.53. The molecule has 2 N–H and O–H groups in total. The summed E-state index contributed by atoms with van der Waals surface area (Å²) in [6, 6.07) is 0. The number of aliphatic hydroxyl groups is 2. The van der Waals surface area contributed by atoms with Crippen molar-refractivity contribution in [2.24, 2.45) is 0 Å². The van der Waals surface area contributed by atoms with E-state index in [1.165, 1.54) is 0 Å². The summed E-state index contributed by atoms with van der Waals surface area (Å²) in [6.07, 6.45) is 0.784. The van der Waals surface area contributed by atoms with Gasteiger partial charge in [0.15, 0.2) is 6.29 Å². The highest BCUT2D eigenvalue weighted by molar-refractivity contribution is 4.71. The summed E-state index contributed by atoms with van der Waals surface area (Å²) in [6.45, 7) is 6.34. The normalized spacial score (nSPS) is 15.9. The summed E-state index contributed by atoms with van der Waals surface area (Å²) in [4.78, 5) is 0. The van der Waals surface area contributed by atoms with E-state index in [-0.39, 0.29) is 12.9 Å². The van der Waals surface area contributed by atoms with Crippen molar-refractivity contribution in [2.75, 3.05) is 19.8 Å². The first-order valence-corrected chi connectivity index (χ1v) is 5.12. The molecule has 0 aromatic rings. The zero-order chi connectivity index (χ0) is 11.0. The number of ether oxygens (including phenoxy) is 2. The van der Waals surface area contributed by atoms with E-state index >= 15 is 0 Å². The highest BCUT2D eigenvalue weighted by atomic mass is 16.7. The molecule has 0 aliphatic rings. The first-order chi connectivity index (χ1) is 6.55. The second-order valence-corrected chi connectivity index (χ2v) is 3.53. The van der Waals surface area contributed by atoms with Crippen molar-refractivity contribution in [3.8, 4) is 0 Å². The summed E-state index contributed by atoms with van der Waals surface area (Å²) >= 11 is 0. The highest BCUT2D eigenvalue weighted by Gasteiger charge is 2.21.